The van der Waals surface area contributed by atoms with Crippen molar-refractivity contribution < 1.29 is 5.11 Å². The first-order valence-corrected chi connectivity index (χ1v) is 5.56. The molecule has 2 nitrogen and oxygen atoms in total. The summed E-state index contributed by atoms with van der Waals surface area (Å²) in [6.45, 7) is 2.43. The van der Waals surface area contributed by atoms with Gasteiger partial charge in [-0.15, -0.1) is 0 Å². The van der Waals surface area contributed by atoms with Crippen LogP contribution in [0.2, 0.25) is 0 Å². The molecular formula is C11H23NO. The van der Waals surface area contributed by atoms with E-state index in [1.165, 1.54) is 32.1 Å². The third-order valence-corrected chi connectivity index (χ3v) is 3.41. The topological polar surface area (TPSA) is 46.2 Å². The Labute approximate surface area is 81.5 Å². The highest BCUT2D eigenvalue weighted by molar-refractivity contribution is 4.88. The second-order valence-electron chi connectivity index (χ2n) is 4.67. The number of hydrogen-bond acceptors (Lipinski definition) is 2. The predicted molar refractivity (Wildman–Crippen MR) is 55.5 cm³/mol. The number of rotatable bonds is 4. The Bertz CT molecular complexity index is 139. The molecule has 1 aliphatic rings. The highest BCUT2D eigenvalue weighted by atomic mass is 16.2. The second kappa shape index (κ2) is 4.97. The molecule has 0 saturated heterocycles. The first-order valence-electron chi connectivity index (χ1n) is 5.56. The van der Waals surface area contributed by atoms with Crippen molar-refractivity contribution in [1.82, 2.24) is 0 Å². The molecule has 0 spiro atoms. The van der Waals surface area contributed by atoms with E-state index in [0.717, 1.165) is 12.8 Å². The lowest BCUT2D eigenvalue weighted by atomic mass is 9.74. The molecule has 3 N–H and O–H groups in total. The maximum Gasteiger partial charge on any atom is 0.0431 e. The molecule has 78 valence electrons. The van der Waals surface area contributed by atoms with Gasteiger partial charge in [-0.05, 0) is 38.5 Å². The van der Waals surface area contributed by atoms with Crippen molar-refractivity contribution in [2.75, 3.05) is 6.61 Å². The standard InChI is InChI=1S/C11H23NO/c1-11(12,8-5-9-13)10-6-3-2-4-7-10/h10,13H,2-9,12H2,1H3. The van der Waals surface area contributed by atoms with Crippen LogP contribution in [-0.2, 0) is 0 Å². The third-order valence-electron chi connectivity index (χ3n) is 3.41. The Morgan fingerprint density at radius 2 is 1.92 bits per heavy atom. The molecule has 0 radical (unpaired) electrons. The van der Waals surface area contributed by atoms with E-state index < -0.39 is 0 Å². The van der Waals surface area contributed by atoms with Gasteiger partial charge in [-0.25, -0.2) is 0 Å². The van der Waals surface area contributed by atoms with Crippen molar-refractivity contribution >= 4 is 0 Å². The Morgan fingerprint density at radius 1 is 1.31 bits per heavy atom. The van der Waals surface area contributed by atoms with Crippen LogP contribution in [0, 0.1) is 5.92 Å². The van der Waals surface area contributed by atoms with Gasteiger partial charge in [0.1, 0.15) is 0 Å². The molecule has 0 aromatic heterocycles. The van der Waals surface area contributed by atoms with E-state index in [1.54, 1.807) is 0 Å². The van der Waals surface area contributed by atoms with E-state index in [4.69, 9.17) is 10.8 Å². The van der Waals surface area contributed by atoms with Crippen LogP contribution >= 0.6 is 0 Å². The normalized spacial score (nSPS) is 24.2. The molecule has 0 amide bonds. The molecule has 1 atom stereocenters. The summed E-state index contributed by atoms with van der Waals surface area (Å²) < 4.78 is 0. The van der Waals surface area contributed by atoms with E-state index in [2.05, 4.69) is 6.92 Å². The average Bonchev–Trinajstić information content (AvgIpc) is 2.16. The molecule has 0 aliphatic heterocycles. The summed E-state index contributed by atoms with van der Waals surface area (Å²) in [5.41, 5.74) is 6.23. The molecule has 2 heteroatoms. The highest BCUT2D eigenvalue weighted by Crippen LogP contribution is 2.33. The Morgan fingerprint density at radius 3 is 2.46 bits per heavy atom. The molecule has 0 aromatic carbocycles. The van der Waals surface area contributed by atoms with Gasteiger partial charge < -0.3 is 10.8 Å². The number of aliphatic hydroxyl groups excluding tert-OH is 1. The van der Waals surface area contributed by atoms with Crippen LogP contribution in [0.3, 0.4) is 0 Å². The fourth-order valence-electron chi connectivity index (χ4n) is 2.43. The number of hydrogen-bond donors (Lipinski definition) is 2. The summed E-state index contributed by atoms with van der Waals surface area (Å²) in [5.74, 6) is 0.688. The molecule has 0 aromatic rings. The van der Waals surface area contributed by atoms with Crippen molar-refractivity contribution in [3.8, 4) is 0 Å². The fourth-order valence-corrected chi connectivity index (χ4v) is 2.43. The Hall–Kier alpha value is -0.0800. The molecule has 1 unspecified atom stereocenters. The lowest BCUT2D eigenvalue weighted by Crippen LogP contribution is -2.45. The van der Waals surface area contributed by atoms with Crippen LogP contribution in [0.4, 0.5) is 0 Å². The smallest absolute Gasteiger partial charge is 0.0431 e. The summed E-state index contributed by atoms with van der Waals surface area (Å²) in [5, 5.41) is 8.77. The molecule has 0 heterocycles. The van der Waals surface area contributed by atoms with Gasteiger partial charge in [0.15, 0.2) is 0 Å². The molecule has 1 fully saturated rings. The molecule has 1 aliphatic carbocycles. The van der Waals surface area contributed by atoms with Crippen molar-refractivity contribution in [3.05, 3.63) is 0 Å². The summed E-state index contributed by atoms with van der Waals surface area (Å²) in [6, 6.07) is 0. The van der Waals surface area contributed by atoms with Crippen LogP contribution in [0.5, 0.6) is 0 Å². The van der Waals surface area contributed by atoms with E-state index in [9.17, 15) is 0 Å². The second-order valence-corrected chi connectivity index (χ2v) is 4.67. The zero-order valence-electron chi connectivity index (χ0n) is 8.76. The van der Waals surface area contributed by atoms with Gasteiger partial charge in [0.25, 0.3) is 0 Å². The van der Waals surface area contributed by atoms with Gasteiger partial charge in [0.05, 0.1) is 0 Å². The van der Waals surface area contributed by atoms with Crippen LogP contribution in [0.1, 0.15) is 51.9 Å². The maximum atomic E-state index is 8.77. The minimum atomic E-state index is -0.0385. The van der Waals surface area contributed by atoms with Gasteiger partial charge >= 0.3 is 0 Å². The summed E-state index contributed by atoms with van der Waals surface area (Å²) in [7, 11) is 0. The van der Waals surface area contributed by atoms with Crippen molar-refractivity contribution in [2.45, 2.75) is 57.4 Å². The van der Waals surface area contributed by atoms with Gasteiger partial charge in [-0.2, -0.15) is 0 Å². The van der Waals surface area contributed by atoms with E-state index in [-0.39, 0.29) is 12.1 Å². The Balaban J connectivity index is 2.36. The third kappa shape index (κ3) is 3.28. The number of aliphatic hydroxyl groups is 1. The van der Waals surface area contributed by atoms with Gasteiger partial charge in [-0.1, -0.05) is 19.3 Å². The van der Waals surface area contributed by atoms with Gasteiger partial charge in [0.2, 0.25) is 0 Å². The summed E-state index contributed by atoms with van der Waals surface area (Å²) in [6.07, 6.45) is 8.47. The van der Waals surface area contributed by atoms with Gasteiger partial charge in [-0.3, -0.25) is 0 Å². The SMILES string of the molecule is CC(N)(CCCO)C1CCCCC1. The van der Waals surface area contributed by atoms with Crippen LogP contribution in [-0.4, -0.2) is 17.3 Å². The predicted octanol–water partition coefficient (Wildman–Crippen LogP) is 2.06. The fraction of sp³-hybridized carbons (Fsp3) is 1.00. The van der Waals surface area contributed by atoms with Crippen molar-refractivity contribution in [2.24, 2.45) is 11.7 Å². The van der Waals surface area contributed by atoms with Crippen LogP contribution in [0.25, 0.3) is 0 Å². The minimum Gasteiger partial charge on any atom is -0.396 e. The highest BCUT2D eigenvalue weighted by Gasteiger charge is 2.30. The summed E-state index contributed by atoms with van der Waals surface area (Å²) in [4.78, 5) is 0. The molecular weight excluding hydrogens is 162 g/mol. The van der Waals surface area contributed by atoms with Crippen LogP contribution in [0.15, 0.2) is 0 Å². The van der Waals surface area contributed by atoms with E-state index in [1.807, 2.05) is 0 Å². The van der Waals surface area contributed by atoms with E-state index >= 15 is 0 Å². The zero-order chi connectivity index (χ0) is 9.73. The van der Waals surface area contributed by atoms with E-state index in [0.29, 0.717) is 5.92 Å². The average molecular weight is 185 g/mol. The molecule has 1 rings (SSSR count). The quantitative estimate of drug-likeness (QED) is 0.704. The lowest BCUT2D eigenvalue weighted by Gasteiger charge is -2.36. The minimum absolute atomic E-state index is 0.0385. The zero-order valence-corrected chi connectivity index (χ0v) is 8.76. The number of nitrogens with two attached hydrogens (primary N) is 1. The van der Waals surface area contributed by atoms with Crippen molar-refractivity contribution in [3.63, 3.8) is 0 Å². The first-order chi connectivity index (χ1) is 6.17. The van der Waals surface area contributed by atoms with Crippen molar-refractivity contribution in [1.29, 1.82) is 0 Å². The molecule has 13 heavy (non-hydrogen) atoms. The lowest BCUT2D eigenvalue weighted by molar-refractivity contribution is 0.189. The summed E-state index contributed by atoms with van der Waals surface area (Å²) >= 11 is 0. The molecule has 0 bridgehead atoms. The van der Waals surface area contributed by atoms with Gasteiger partial charge in [0, 0.05) is 12.1 Å². The van der Waals surface area contributed by atoms with Crippen LogP contribution < -0.4 is 5.73 Å². The largest absolute Gasteiger partial charge is 0.396 e. The molecule has 1 saturated carbocycles. The Kier molecular flexibility index (Phi) is 4.20. The first kappa shape index (κ1) is 11.0. The monoisotopic (exact) mass is 185 g/mol. The maximum absolute atomic E-state index is 8.77.